The average molecular weight is 448 g/mol. The summed E-state index contributed by atoms with van der Waals surface area (Å²) < 4.78 is 0. The standard InChI is InChI=1S/C25H29N5O3/c1-15(31)17-4-8-23(27-14-17)30-19-5-6-20(30)13-18(12-19)28-25(33)16-3-7-21(24(26)32)22(11-16)29-9-2-10-29/h3-4,7-8,11,14,18-20H,2,5-6,9-10,12-13H2,1H3,(H2,26,32)(H,28,33). The molecule has 2 unspecified atom stereocenters. The Morgan fingerprint density at radius 3 is 2.27 bits per heavy atom. The van der Waals surface area contributed by atoms with Crippen molar-refractivity contribution in [3.63, 3.8) is 0 Å². The molecule has 8 heteroatoms. The van der Waals surface area contributed by atoms with Gasteiger partial charge < -0.3 is 20.9 Å². The number of hydrogen-bond acceptors (Lipinski definition) is 6. The second-order valence-corrected chi connectivity index (χ2v) is 9.33. The van der Waals surface area contributed by atoms with Crippen LogP contribution in [0.3, 0.4) is 0 Å². The van der Waals surface area contributed by atoms with Crippen molar-refractivity contribution >= 4 is 29.1 Å². The summed E-state index contributed by atoms with van der Waals surface area (Å²) in [6, 6.07) is 9.63. The van der Waals surface area contributed by atoms with Crippen LogP contribution < -0.4 is 20.9 Å². The molecule has 2 aromatic rings. The first-order chi connectivity index (χ1) is 15.9. The van der Waals surface area contributed by atoms with Crippen molar-refractivity contribution in [1.82, 2.24) is 10.3 Å². The van der Waals surface area contributed by atoms with Crippen LogP contribution in [-0.2, 0) is 0 Å². The Hall–Kier alpha value is -3.42. The van der Waals surface area contributed by atoms with E-state index in [1.165, 1.54) is 0 Å². The number of carbonyl (C=O) groups is 3. The first-order valence-corrected chi connectivity index (χ1v) is 11.7. The molecule has 172 valence electrons. The van der Waals surface area contributed by atoms with E-state index in [-0.39, 0.29) is 17.7 Å². The lowest BCUT2D eigenvalue weighted by atomic mass is 9.96. The molecule has 3 aliphatic rings. The third kappa shape index (κ3) is 4.05. The summed E-state index contributed by atoms with van der Waals surface area (Å²) in [5.74, 6) is 0.324. The zero-order valence-electron chi connectivity index (χ0n) is 18.8. The van der Waals surface area contributed by atoms with Gasteiger partial charge in [0.15, 0.2) is 5.78 Å². The van der Waals surface area contributed by atoms with Crippen molar-refractivity contribution in [2.45, 2.75) is 57.2 Å². The van der Waals surface area contributed by atoms with E-state index in [1.807, 2.05) is 12.1 Å². The zero-order chi connectivity index (χ0) is 23.1. The molecule has 0 spiro atoms. The lowest BCUT2D eigenvalue weighted by Crippen LogP contribution is -2.50. The number of carbonyl (C=O) groups excluding carboxylic acids is 3. The number of piperidine rings is 1. The van der Waals surface area contributed by atoms with Crippen LogP contribution in [0.15, 0.2) is 36.5 Å². The number of nitrogens with zero attached hydrogens (tertiary/aromatic N) is 3. The Morgan fingerprint density at radius 1 is 1.03 bits per heavy atom. The molecule has 1 aromatic carbocycles. The fourth-order valence-corrected chi connectivity index (χ4v) is 5.38. The second kappa shape index (κ2) is 8.50. The summed E-state index contributed by atoms with van der Waals surface area (Å²) >= 11 is 0. The van der Waals surface area contributed by atoms with Crippen LogP contribution in [0, 0.1) is 0 Å². The predicted octanol–water partition coefficient (Wildman–Crippen LogP) is 2.52. The third-order valence-corrected chi connectivity index (χ3v) is 7.21. The van der Waals surface area contributed by atoms with E-state index in [1.54, 1.807) is 31.3 Å². The van der Waals surface area contributed by atoms with Crippen molar-refractivity contribution < 1.29 is 14.4 Å². The molecule has 5 rings (SSSR count). The molecule has 4 heterocycles. The Labute approximate surface area is 193 Å². The van der Waals surface area contributed by atoms with Crippen LogP contribution in [0.2, 0.25) is 0 Å². The number of fused-ring (bicyclic) bond motifs is 2. The number of Topliss-reactive ketones (excluding diaryl/α,β-unsaturated/α-hetero) is 1. The molecule has 3 N–H and O–H groups in total. The largest absolute Gasteiger partial charge is 0.371 e. The molecule has 2 amide bonds. The lowest BCUT2D eigenvalue weighted by Gasteiger charge is -2.40. The van der Waals surface area contributed by atoms with Gasteiger partial charge in [0.2, 0.25) is 0 Å². The van der Waals surface area contributed by atoms with Gasteiger partial charge in [-0.1, -0.05) is 0 Å². The Morgan fingerprint density at radius 2 is 1.73 bits per heavy atom. The highest BCUT2D eigenvalue weighted by Crippen LogP contribution is 2.38. The zero-order valence-corrected chi connectivity index (χ0v) is 18.8. The number of benzene rings is 1. The summed E-state index contributed by atoms with van der Waals surface area (Å²) in [6.07, 6.45) is 6.57. The Kier molecular flexibility index (Phi) is 5.52. The lowest BCUT2D eigenvalue weighted by molar-refractivity contribution is 0.0924. The number of hydrogen-bond donors (Lipinski definition) is 2. The van der Waals surface area contributed by atoms with E-state index in [4.69, 9.17) is 5.73 Å². The van der Waals surface area contributed by atoms with Gasteiger partial charge in [0, 0.05) is 48.5 Å². The van der Waals surface area contributed by atoms with Crippen molar-refractivity contribution in [1.29, 1.82) is 0 Å². The summed E-state index contributed by atoms with van der Waals surface area (Å²) in [7, 11) is 0. The number of anilines is 2. The van der Waals surface area contributed by atoms with Gasteiger partial charge in [-0.25, -0.2) is 4.98 Å². The number of rotatable bonds is 6. The molecular weight excluding hydrogens is 418 g/mol. The SMILES string of the molecule is CC(=O)c1ccc(N2C3CCC2CC(NC(=O)c2ccc(C(N)=O)c(N4CCC4)c2)C3)nc1. The molecule has 3 saturated heterocycles. The molecule has 0 aliphatic carbocycles. The Balaban J connectivity index is 1.27. The van der Waals surface area contributed by atoms with Gasteiger partial charge in [0.25, 0.3) is 11.8 Å². The topological polar surface area (TPSA) is 109 Å². The van der Waals surface area contributed by atoms with Gasteiger partial charge in [0.05, 0.1) is 11.3 Å². The van der Waals surface area contributed by atoms with Crippen LogP contribution in [0.1, 0.15) is 70.1 Å². The van der Waals surface area contributed by atoms with Crippen molar-refractivity contribution in [3.8, 4) is 0 Å². The molecular formula is C25H29N5O3. The molecule has 8 nitrogen and oxygen atoms in total. The summed E-state index contributed by atoms with van der Waals surface area (Å²) in [4.78, 5) is 45.4. The van der Waals surface area contributed by atoms with E-state index in [0.29, 0.717) is 28.8 Å². The minimum absolute atomic E-state index is 0.0135. The molecule has 3 aliphatic heterocycles. The van der Waals surface area contributed by atoms with E-state index in [9.17, 15) is 14.4 Å². The van der Waals surface area contributed by atoms with Gasteiger partial charge in [-0.15, -0.1) is 0 Å². The molecule has 3 fully saturated rings. The van der Waals surface area contributed by atoms with Gasteiger partial charge >= 0.3 is 0 Å². The number of pyridine rings is 1. The number of primary amides is 1. The van der Waals surface area contributed by atoms with Gasteiger partial charge in [-0.2, -0.15) is 0 Å². The first-order valence-electron chi connectivity index (χ1n) is 11.7. The molecule has 1 aromatic heterocycles. The van der Waals surface area contributed by atoms with Crippen LogP contribution in [-0.4, -0.2) is 53.8 Å². The van der Waals surface area contributed by atoms with Crippen LogP contribution in [0.25, 0.3) is 0 Å². The maximum absolute atomic E-state index is 13.1. The fourth-order valence-electron chi connectivity index (χ4n) is 5.38. The highest BCUT2D eigenvalue weighted by Gasteiger charge is 2.41. The maximum atomic E-state index is 13.1. The number of aromatic nitrogens is 1. The highest BCUT2D eigenvalue weighted by atomic mass is 16.2. The van der Waals surface area contributed by atoms with E-state index in [0.717, 1.165) is 56.7 Å². The summed E-state index contributed by atoms with van der Waals surface area (Å²) in [5.41, 5.74) is 7.91. The molecule has 2 bridgehead atoms. The van der Waals surface area contributed by atoms with Gasteiger partial charge in [0.1, 0.15) is 5.82 Å². The maximum Gasteiger partial charge on any atom is 0.251 e. The van der Waals surface area contributed by atoms with E-state index < -0.39 is 5.91 Å². The average Bonchev–Trinajstić information content (AvgIpc) is 3.02. The van der Waals surface area contributed by atoms with Crippen molar-refractivity contribution in [2.24, 2.45) is 5.73 Å². The number of ketones is 1. The number of nitrogens with one attached hydrogen (secondary N) is 1. The normalized spacial score (nSPS) is 23.7. The molecule has 0 radical (unpaired) electrons. The molecule has 0 saturated carbocycles. The predicted molar refractivity (Wildman–Crippen MR) is 126 cm³/mol. The van der Waals surface area contributed by atoms with E-state index >= 15 is 0 Å². The van der Waals surface area contributed by atoms with Gasteiger partial charge in [-0.3, -0.25) is 14.4 Å². The molecule has 2 atom stereocenters. The number of nitrogens with two attached hydrogens (primary N) is 1. The fraction of sp³-hybridized carbons (Fsp3) is 0.440. The smallest absolute Gasteiger partial charge is 0.251 e. The Bertz CT molecular complexity index is 1080. The van der Waals surface area contributed by atoms with Gasteiger partial charge in [-0.05, 0) is 69.4 Å². The van der Waals surface area contributed by atoms with Crippen LogP contribution in [0.5, 0.6) is 0 Å². The monoisotopic (exact) mass is 447 g/mol. The molecule has 33 heavy (non-hydrogen) atoms. The van der Waals surface area contributed by atoms with Crippen molar-refractivity contribution in [3.05, 3.63) is 53.2 Å². The minimum Gasteiger partial charge on any atom is -0.371 e. The summed E-state index contributed by atoms with van der Waals surface area (Å²) in [6.45, 7) is 3.28. The number of amides is 2. The second-order valence-electron chi connectivity index (χ2n) is 9.33. The van der Waals surface area contributed by atoms with Crippen LogP contribution >= 0.6 is 0 Å². The summed E-state index contributed by atoms with van der Waals surface area (Å²) in [5, 5.41) is 3.22. The van der Waals surface area contributed by atoms with Crippen LogP contribution in [0.4, 0.5) is 11.5 Å². The van der Waals surface area contributed by atoms with Crippen molar-refractivity contribution in [2.75, 3.05) is 22.9 Å². The first kappa shape index (κ1) is 21.4. The highest BCUT2D eigenvalue weighted by molar-refractivity contribution is 6.02. The quantitative estimate of drug-likeness (QED) is 0.659. The third-order valence-electron chi connectivity index (χ3n) is 7.21. The van der Waals surface area contributed by atoms with E-state index in [2.05, 4.69) is 20.1 Å². The minimum atomic E-state index is -0.474.